The molecule has 0 saturated carbocycles. The molecule has 1 aliphatic rings. The Morgan fingerprint density at radius 3 is 2.79 bits per heavy atom. The van der Waals surface area contributed by atoms with Crippen molar-refractivity contribution in [1.82, 2.24) is 9.55 Å². The first-order valence-corrected chi connectivity index (χ1v) is 7.00. The Morgan fingerprint density at radius 2 is 2.05 bits per heavy atom. The van der Waals surface area contributed by atoms with Crippen LogP contribution in [-0.4, -0.2) is 16.3 Å². The van der Waals surface area contributed by atoms with E-state index in [0.717, 1.165) is 40.5 Å². The molecule has 0 radical (unpaired) electrons. The average molecular weight is 323 g/mol. The number of fused-ring (bicyclic) bond motifs is 1. The van der Waals surface area contributed by atoms with E-state index in [1.54, 1.807) is 0 Å². The van der Waals surface area contributed by atoms with E-state index in [0.29, 0.717) is 6.79 Å². The van der Waals surface area contributed by atoms with E-state index in [9.17, 15) is 0 Å². The van der Waals surface area contributed by atoms with Crippen LogP contribution in [0.25, 0.3) is 0 Å². The zero-order valence-electron chi connectivity index (χ0n) is 10.9. The highest BCUT2D eigenvalue weighted by molar-refractivity contribution is 9.10. The summed E-state index contributed by atoms with van der Waals surface area (Å²) in [6, 6.07) is 6.10. The van der Waals surface area contributed by atoms with Crippen LogP contribution in [0, 0.1) is 6.92 Å². The number of rotatable bonds is 3. The van der Waals surface area contributed by atoms with Gasteiger partial charge < -0.3 is 14.0 Å². The number of aryl methyl sites for hydroxylation is 3. The molecule has 5 heteroatoms. The topological polar surface area (TPSA) is 36.3 Å². The molecule has 1 aliphatic heterocycles. The minimum Gasteiger partial charge on any atom is -0.454 e. The van der Waals surface area contributed by atoms with Crippen molar-refractivity contribution >= 4 is 15.9 Å². The lowest BCUT2D eigenvalue weighted by atomic mass is 10.1. The summed E-state index contributed by atoms with van der Waals surface area (Å²) in [5.74, 6) is 2.69. The first-order valence-electron chi connectivity index (χ1n) is 6.21. The van der Waals surface area contributed by atoms with Gasteiger partial charge in [0.15, 0.2) is 11.5 Å². The number of hydrogen-bond acceptors (Lipinski definition) is 3. The Labute approximate surface area is 120 Å². The van der Waals surface area contributed by atoms with Gasteiger partial charge in [-0.1, -0.05) is 6.07 Å². The largest absolute Gasteiger partial charge is 0.454 e. The van der Waals surface area contributed by atoms with Crippen molar-refractivity contribution in [3.8, 4) is 11.5 Å². The molecule has 0 amide bonds. The van der Waals surface area contributed by atoms with Gasteiger partial charge in [-0.05, 0) is 53.4 Å². The van der Waals surface area contributed by atoms with E-state index in [1.165, 1.54) is 5.56 Å². The third kappa shape index (κ3) is 2.34. The lowest BCUT2D eigenvalue weighted by Gasteiger charge is -2.02. The van der Waals surface area contributed by atoms with Crippen LogP contribution in [0.3, 0.4) is 0 Å². The molecule has 1 aromatic heterocycles. The summed E-state index contributed by atoms with van der Waals surface area (Å²) in [7, 11) is 2.01. The molecule has 100 valence electrons. The lowest BCUT2D eigenvalue weighted by Crippen LogP contribution is -1.94. The Balaban J connectivity index is 1.74. The van der Waals surface area contributed by atoms with Crippen molar-refractivity contribution in [1.29, 1.82) is 0 Å². The fourth-order valence-corrected chi connectivity index (χ4v) is 2.71. The minimum absolute atomic E-state index is 0.323. The fraction of sp³-hybridized carbons (Fsp3) is 0.357. The Hall–Kier alpha value is -1.49. The second-order valence-electron chi connectivity index (χ2n) is 4.64. The summed E-state index contributed by atoms with van der Waals surface area (Å²) in [6.07, 6.45) is 1.84. The van der Waals surface area contributed by atoms with Crippen molar-refractivity contribution in [2.45, 2.75) is 19.8 Å². The van der Waals surface area contributed by atoms with Gasteiger partial charge in [0.1, 0.15) is 10.4 Å². The maximum Gasteiger partial charge on any atom is 0.231 e. The van der Waals surface area contributed by atoms with Crippen molar-refractivity contribution < 1.29 is 9.47 Å². The second kappa shape index (κ2) is 4.89. The van der Waals surface area contributed by atoms with Crippen LogP contribution in [0.2, 0.25) is 0 Å². The zero-order valence-corrected chi connectivity index (χ0v) is 12.5. The fourth-order valence-electron chi connectivity index (χ4n) is 2.17. The highest BCUT2D eigenvalue weighted by Gasteiger charge is 2.14. The summed E-state index contributed by atoms with van der Waals surface area (Å²) in [5, 5.41) is 0. The van der Waals surface area contributed by atoms with Gasteiger partial charge >= 0.3 is 0 Å². The number of nitrogens with zero attached hydrogens (tertiary/aromatic N) is 2. The second-order valence-corrected chi connectivity index (χ2v) is 5.39. The molecule has 3 rings (SSSR count). The molecule has 2 heterocycles. The Bertz CT molecular complexity index is 622. The number of aromatic nitrogens is 2. The van der Waals surface area contributed by atoms with Gasteiger partial charge in [0.25, 0.3) is 0 Å². The van der Waals surface area contributed by atoms with Crippen LogP contribution in [0.15, 0.2) is 22.8 Å². The molecular formula is C14H15BrN2O2. The van der Waals surface area contributed by atoms with Crippen LogP contribution in [0.1, 0.15) is 17.1 Å². The van der Waals surface area contributed by atoms with Crippen LogP contribution < -0.4 is 9.47 Å². The van der Waals surface area contributed by atoms with Gasteiger partial charge in [0.05, 0.1) is 5.69 Å². The van der Waals surface area contributed by atoms with Crippen molar-refractivity contribution in [3.05, 3.63) is 39.9 Å². The molecule has 1 aromatic carbocycles. The van der Waals surface area contributed by atoms with Gasteiger partial charge in [-0.2, -0.15) is 0 Å². The summed E-state index contributed by atoms with van der Waals surface area (Å²) in [4.78, 5) is 4.56. The Morgan fingerprint density at radius 1 is 1.26 bits per heavy atom. The van der Waals surface area contributed by atoms with Crippen LogP contribution >= 0.6 is 15.9 Å². The van der Waals surface area contributed by atoms with Crippen molar-refractivity contribution in [2.24, 2.45) is 7.05 Å². The maximum absolute atomic E-state index is 5.39. The zero-order chi connectivity index (χ0) is 13.4. The molecule has 0 spiro atoms. The molecule has 19 heavy (non-hydrogen) atoms. The average Bonchev–Trinajstić information content (AvgIpc) is 2.96. The van der Waals surface area contributed by atoms with E-state index in [4.69, 9.17) is 9.47 Å². The maximum atomic E-state index is 5.39. The van der Waals surface area contributed by atoms with E-state index in [-0.39, 0.29) is 0 Å². The minimum atomic E-state index is 0.323. The number of hydrogen-bond donors (Lipinski definition) is 0. The van der Waals surface area contributed by atoms with Gasteiger partial charge in [-0.25, -0.2) is 4.98 Å². The highest BCUT2D eigenvalue weighted by atomic mass is 79.9. The molecule has 0 atom stereocenters. The standard InChI is InChI=1S/C14H15BrN2O2/c1-9-16-11(14(15)17(9)2)5-3-10-4-6-12-13(7-10)19-8-18-12/h4,6-7H,3,5,8H2,1-2H3. The molecule has 4 nitrogen and oxygen atoms in total. The smallest absolute Gasteiger partial charge is 0.231 e. The first-order chi connectivity index (χ1) is 9.15. The molecular weight excluding hydrogens is 308 g/mol. The molecule has 0 saturated heterocycles. The molecule has 0 N–H and O–H groups in total. The summed E-state index contributed by atoms with van der Waals surface area (Å²) >= 11 is 3.58. The van der Waals surface area contributed by atoms with Crippen LogP contribution in [0.5, 0.6) is 11.5 Å². The van der Waals surface area contributed by atoms with E-state index >= 15 is 0 Å². The summed E-state index contributed by atoms with van der Waals surface area (Å²) in [6.45, 7) is 2.33. The van der Waals surface area contributed by atoms with Gasteiger partial charge in [-0.3, -0.25) is 0 Å². The van der Waals surface area contributed by atoms with Crippen molar-refractivity contribution in [2.75, 3.05) is 6.79 Å². The van der Waals surface area contributed by atoms with Crippen molar-refractivity contribution in [3.63, 3.8) is 0 Å². The number of benzene rings is 1. The predicted molar refractivity (Wildman–Crippen MR) is 75.6 cm³/mol. The molecule has 0 bridgehead atoms. The third-order valence-corrected chi connectivity index (χ3v) is 4.39. The van der Waals surface area contributed by atoms with Crippen LogP contribution in [-0.2, 0) is 19.9 Å². The first kappa shape index (κ1) is 12.5. The summed E-state index contributed by atoms with van der Waals surface area (Å²) in [5.41, 5.74) is 2.33. The van der Waals surface area contributed by atoms with E-state index in [1.807, 2.05) is 26.1 Å². The highest BCUT2D eigenvalue weighted by Crippen LogP contribution is 2.33. The Kier molecular flexibility index (Phi) is 3.22. The number of ether oxygens (including phenoxy) is 2. The van der Waals surface area contributed by atoms with E-state index < -0.39 is 0 Å². The summed E-state index contributed by atoms with van der Waals surface area (Å²) < 4.78 is 13.8. The molecule has 0 fully saturated rings. The number of halogens is 1. The quantitative estimate of drug-likeness (QED) is 0.871. The molecule has 0 unspecified atom stereocenters. The van der Waals surface area contributed by atoms with Gasteiger partial charge in [0, 0.05) is 7.05 Å². The monoisotopic (exact) mass is 322 g/mol. The van der Waals surface area contributed by atoms with E-state index in [2.05, 4.69) is 31.5 Å². The molecule has 2 aromatic rings. The normalized spacial score (nSPS) is 13.0. The third-order valence-electron chi connectivity index (χ3n) is 3.40. The SMILES string of the molecule is Cc1nc(CCc2ccc3c(c2)OCO3)c(Br)n1C. The lowest BCUT2D eigenvalue weighted by molar-refractivity contribution is 0.174. The van der Waals surface area contributed by atoms with Gasteiger partial charge in [0.2, 0.25) is 6.79 Å². The predicted octanol–water partition coefficient (Wildman–Crippen LogP) is 3.00. The van der Waals surface area contributed by atoms with Gasteiger partial charge in [-0.15, -0.1) is 0 Å². The number of imidazole rings is 1. The van der Waals surface area contributed by atoms with Crippen LogP contribution in [0.4, 0.5) is 0 Å². The molecule has 0 aliphatic carbocycles.